The average molecular weight is 512 g/mol. The minimum atomic E-state index is -0.442. The molecule has 0 unspecified atom stereocenters. The number of aromatic amines is 2. The maximum absolute atomic E-state index is 15.1. The molecular formula is C27H22FN7OS. The number of nitrogens with zero attached hydrogens (tertiary/aromatic N) is 4. The number of Topliss-reactive ketones (excluding diaryl/α,β-unsaturated/α-hetero) is 1. The van der Waals surface area contributed by atoms with Crippen LogP contribution >= 0.6 is 11.3 Å². The molecule has 0 aliphatic heterocycles. The van der Waals surface area contributed by atoms with E-state index in [1.54, 1.807) is 25.5 Å². The van der Waals surface area contributed by atoms with Gasteiger partial charge in [-0.25, -0.2) is 14.4 Å². The first kappa shape index (κ1) is 23.0. The number of anilines is 1. The Morgan fingerprint density at radius 2 is 1.97 bits per heavy atom. The largest absolute Gasteiger partial charge is 0.382 e. The van der Waals surface area contributed by atoms with Crippen LogP contribution in [0.1, 0.15) is 30.4 Å². The number of rotatable bonds is 6. The van der Waals surface area contributed by atoms with Crippen LogP contribution in [0.15, 0.2) is 55.0 Å². The normalized spacial score (nSPS) is 11.6. The molecule has 0 aliphatic carbocycles. The highest BCUT2D eigenvalue weighted by Gasteiger charge is 2.19. The Kier molecular flexibility index (Phi) is 5.53. The van der Waals surface area contributed by atoms with Gasteiger partial charge in [0.05, 0.1) is 16.1 Å². The van der Waals surface area contributed by atoms with E-state index in [4.69, 9.17) is 0 Å². The number of nitrogens with one attached hydrogen (secondary N) is 3. The number of hydrogen-bond donors (Lipinski definition) is 3. The Hall–Kier alpha value is -4.44. The van der Waals surface area contributed by atoms with Crippen molar-refractivity contribution in [3.05, 3.63) is 65.7 Å². The minimum Gasteiger partial charge on any atom is -0.382 e. The van der Waals surface area contributed by atoms with Crippen molar-refractivity contribution in [3.63, 3.8) is 0 Å². The number of H-pyrrole nitrogens is 2. The Balaban J connectivity index is 1.46. The van der Waals surface area contributed by atoms with Gasteiger partial charge in [-0.15, -0.1) is 11.3 Å². The topological polar surface area (TPSA) is 112 Å². The predicted molar refractivity (Wildman–Crippen MR) is 144 cm³/mol. The zero-order valence-corrected chi connectivity index (χ0v) is 21.1. The number of fused-ring (bicyclic) bond motifs is 2. The third-order valence-electron chi connectivity index (χ3n) is 5.99. The molecule has 0 saturated heterocycles. The number of halogens is 1. The lowest BCUT2D eigenvalue weighted by Crippen LogP contribution is -2.09. The summed E-state index contributed by atoms with van der Waals surface area (Å²) >= 11 is 1.42. The third-order valence-corrected chi connectivity index (χ3v) is 7.21. The molecule has 0 saturated carbocycles. The second kappa shape index (κ2) is 8.90. The van der Waals surface area contributed by atoms with Gasteiger partial charge >= 0.3 is 0 Å². The van der Waals surface area contributed by atoms with Crippen molar-refractivity contribution in [2.45, 2.75) is 26.8 Å². The van der Waals surface area contributed by atoms with Crippen molar-refractivity contribution in [1.82, 2.24) is 30.1 Å². The van der Waals surface area contributed by atoms with Gasteiger partial charge in [0.25, 0.3) is 0 Å². The molecule has 0 amide bonds. The highest BCUT2D eigenvalue weighted by Crippen LogP contribution is 2.36. The van der Waals surface area contributed by atoms with Gasteiger partial charge in [0.1, 0.15) is 11.2 Å². The molecule has 184 valence electrons. The van der Waals surface area contributed by atoms with Crippen molar-refractivity contribution >= 4 is 44.9 Å². The highest BCUT2D eigenvalue weighted by atomic mass is 32.1. The third kappa shape index (κ3) is 4.15. The Morgan fingerprint density at radius 3 is 2.76 bits per heavy atom. The van der Waals surface area contributed by atoms with Gasteiger partial charge in [-0.05, 0) is 62.7 Å². The number of pyridine rings is 2. The van der Waals surface area contributed by atoms with E-state index in [0.29, 0.717) is 33.0 Å². The molecule has 0 fully saturated rings. The molecule has 0 atom stereocenters. The van der Waals surface area contributed by atoms with E-state index < -0.39 is 5.82 Å². The van der Waals surface area contributed by atoms with Crippen molar-refractivity contribution in [2.24, 2.45) is 0 Å². The second-order valence-electron chi connectivity index (χ2n) is 9.08. The number of thiophene rings is 1. The Bertz CT molecular complexity index is 1800. The summed E-state index contributed by atoms with van der Waals surface area (Å²) in [5, 5.41) is 11.1. The zero-order chi connectivity index (χ0) is 25.7. The summed E-state index contributed by atoms with van der Waals surface area (Å²) in [5.74, 6) is 0.0718. The average Bonchev–Trinajstić information content (AvgIpc) is 3.61. The smallest absolute Gasteiger partial charge is 0.178 e. The fraction of sp³-hybridized carbons (Fsp3) is 0.148. The van der Waals surface area contributed by atoms with E-state index in [1.165, 1.54) is 17.4 Å². The number of carbonyl (C=O) groups excluding carboxylic acids is 1. The van der Waals surface area contributed by atoms with E-state index in [0.717, 1.165) is 27.2 Å². The fourth-order valence-electron chi connectivity index (χ4n) is 4.34. The first-order valence-electron chi connectivity index (χ1n) is 11.7. The first-order chi connectivity index (χ1) is 17.9. The van der Waals surface area contributed by atoms with Crippen LogP contribution < -0.4 is 5.32 Å². The van der Waals surface area contributed by atoms with Gasteiger partial charge in [-0.2, -0.15) is 5.10 Å². The summed E-state index contributed by atoms with van der Waals surface area (Å²) in [4.78, 5) is 30.1. The number of carbonyl (C=O) groups is 1. The lowest BCUT2D eigenvalue weighted by Gasteiger charge is -2.11. The number of hydrogen-bond acceptors (Lipinski definition) is 7. The van der Waals surface area contributed by atoms with Crippen LogP contribution in [0.5, 0.6) is 0 Å². The van der Waals surface area contributed by atoms with Crippen LogP contribution in [0, 0.1) is 5.82 Å². The number of imidazole rings is 1. The molecule has 8 nitrogen and oxygen atoms in total. The van der Waals surface area contributed by atoms with Crippen LogP contribution in [-0.4, -0.2) is 42.0 Å². The van der Waals surface area contributed by atoms with E-state index in [9.17, 15) is 4.79 Å². The molecule has 1 aromatic carbocycles. The van der Waals surface area contributed by atoms with Crippen LogP contribution in [0.4, 0.5) is 10.1 Å². The maximum Gasteiger partial charge on any atom is 0.178 e. The van der Waals surface area contributed by atoms with Gasteiger partial charge in [0.15, 0.2) is 23.1 Å². The van der Waals surface area contributed by atoms with E-state index in [-0.39, 0.29) is 17.3 Å². The van der Waals surface area contributed by atoms with Crippen LogP contribution in [0.2, 0.25) is 0 Å². The van der Waals surface area contributed by atoms with Gasteiger partial charge in [-0.1, -0.05) is 0 Å². The summed E-state index contributed by atoms with van der Waals surface area (Å²) in [5.41, 5.74) is 5.23. The van der Waals surface area contributed by atoms with Gasteiger partial charge in [0.2, 0.25) is 0 Å². The van der Waals surface area contributed by atoms with Crippen LogP contribution in [0.25, 0.3) is 55.2 Å². The lowest BCUT2D eigenvalue weighted by molar-refractivity contribution is 0.102. The quantitative estimate of drug-likeness (QED) is 0.221. The van der Waals surface area contributed by atoms with Crippen molar-refractivity contribution in [1.29, 1.82) is 0 Å². The SMILES string of the molecule is CC(=O)c1ccc(-c2ccnc3nc(-c4[nH]nc5c(F)cc(-c6cncc(NC(C)C)c6)cc45)[nH]c23)s1. The lowest BCUT2D eigenvalue weighted by atomic mass is 10.0. The summed E-state index contributed by atoms with van der Waals surface area (Å²) in [6.45, 7) is 5.64. The number of benzene rings is 1. The molecule has 10 heteroatoms. The van der Waals surface area contributed by atoms with Crippen molar-refractivity contribution in [3.8, 4) is 33.1 Å². The summed E-state index contributed by atoms with van der Waals surface area (Å²) in [7, 11) is 0. The molecule has 6 aromatic rings. The molecule has 5 aromatic heterocycles. The maximum atomic E-state index is 15.1. The fourth-order valence-corrected chi connectivity index (χ4v) is 5.27. The van der Waals surface area contributed by atoms with Crippen LogP contribution in [0.3, 0.4) is 0 Å². The van der Waals surface area contributed by atoms with E-state index in [1.807, 2.05) is 44.2 Å². The standard InChI is InChI=1S/C27H22FN7OS/c1-13(2)31-17-8-16(11-29-12-17)15-9-19-23(20(28)10-15)34-35-25(19)27-32-24-18(6-7-30-26(24)33-27)22-5-4-21(37-22)14(3)36/h4-13,31H,1-3H3,(H,34,35)(H,30,32,33). The monoisotopic (exact) mass is 511 g/mol. The summed E-state index contributed by atoms with van der Waals surface area (Å²) < 4.78 is 15.1. The van der Waals surface area contributed by atoms with E-state index in [2.05, 4.69) is 35.5 Å². The molecule has 5 heterocycles. The number of aromatic nitrogens is 6. The van der Waals surface area contributed by atoms with Crippen LogP contribution in [-0.2, 0) is 0 Å². The van der Waals surface area contributed by atoms with Crippen molar-refractivity contribution < 1.29 is 9.18 Å². The molecule has 37 heavy (non-hydrogen) atoms. The first-order valence-corrected chi connectivity index (χ1v) is 12.5. The molecule has 0 spiro atoms. The minimum absolute atomic E-state index is 0.0225. The summed E-state index contributed by atoms with van der Waals surface area (Å²) in [6.07, 6.45) is 5.14. The van der Waals surface area contributed by atoms with Crippen molar-refractivity contribution in [2.75, 3.05) is 5.32 Å². The zero-order valence-electron chi connectivity index (χ0n) is 20.3. The molecule has 3 N–H and O–H groups in total. The molecule has 0 bridgehead atoms. The van der Waals surface area contributed by atoms with Gasteiger partial charge in [0, 0.05) is 46.0 Å². The molecule has 6 rings (SSSR count). The number of ketones is 1. The summed E-state index contributed by atoms with van der Waals surface area (Å²) in [6, 6.07) is 11.2. The Labute approximate surface area is 215 Å². The Morgan fingerprint density at radius 1 is 1.11 bits per heavy atom. The molecular weight excluding hydrogens is 489 g/mol. The molecule has 0 radical (unpaired) electrons. The van der Waals surface area contributed by atoms with E-state index >= 15 is 4.39 Å². The second-order valence-corrected chi connectivity index (χ2v) is 10.2. The highest BCUT2D eigenvalue weighted by molar-refractivity contribution is 7.17. The molecule has 0 aliphatic rings. The predicted octanol–water partition coefficient (Wildman–Crippen LogP) is 6.45. The van der Waals surface area contributed by atoms with Gasteiger partial charge in [-0.3, -0.25) is 14.9 Å². The van der Waals surface area contributed by atoms with Gasteiger partial charge < -0.3 is 10.3 Å².